The zero-order valence-corrected chi connectivity index (χ0v) is 10.3. The summed E-state index contributed by atoms with van der Waals surface area (Å²) in [6, 6.07) is 0. The first-order valence-corrected chi connectivity index (χ1v) is 5.44. The SMILES string of the molecule is CN1CCN(C(C)(C)C)CC1.O=S=O. The number of hydrogen-bond donors (Lipinski definition) is 0. The minimum atomic E-state index is -0.750. The van der Waals surface area contributed by atoms with Crippen molar-refractivity contribution in [1.29, 1.82) is 0 Å². The lowest BCUT2D eigenvalue weighted by Gasteiger charge is -2.41. The molecule has 1 rings (SSSR count). The Morgan fingerprint density at radius 1 is 1.00 bits per heavy atom. The van der Waals surface area contributed by atoms with Gasteiger partial charge in [0.1, 0.15) is 0 Å². The molecule has 0 radical (unpaired) electrons. The molecule has 0 aliphatic carbocycles. The van der Waals surface area contributed by atoms with Crippen molar-refractivity contribution in [2.75, 3.05) is 33.2 Å². The third-order valence-corrected chi connectivity index (χ3v) is 2.45. The molecule has 0 saturated carbocycles. The van der Waals surface area contributed by atoms with Gasteiger partial charge in [0.25, 0.3) is 0 Å². The van der Waals surface area contributed by atoms with E-state index in [0.29, 0.717) is 5.54 Å². The van der Waals surface area contributed by atoms with Crippen LogP contribution in [-0.2, 0) is 11.6 Å². The van der Waals surface area contributed by atoms with Gasteiger partial charge in [-0.05, 0) is 27.8 Å². The van der Waals surface area contributed by atoms with Crippen LogP contribution >= 0.6 is 0 Å². The lowest BCUT2D eigenvalue weighted by atomic mass is 10.1. The van der Waals surface area contributed by atoms with E-state index in [1.54, 1.807) is 0 Å². The van der Waals surface area contributed by atoms with Crippen LogP contribution in [0.25, 0.3) is 0 Å². The Morgan fingerprint density at radius 3 is 1.64 bits per heavy atom. The highest BCUT2D eigenvalue weighted by Crippen LogP contribution is 2.14. The molecule has 0 N–H and O–H groups in total. The molecule has 5 heteroatoms. The van der Waals surface area contributed by atoms with Crippen LogP contribution in [0.2, 0.25) is 0 Å². The molecule has 1 heterocycles. The molecule has 4 nitrogen and oxygen atoms in total. The lowest BCUT2D eigenvalue weighted by molar-refractivity contribution is 0.0735. The fraction of sp³-hybridized carbons (Fsp3) is 1.00. The molecule has 0 atom stereocenters. The fourth-order valence-electron chi connectivity index (χ4n) is 1.48. The summed E-state index contributed by atoms with van der Waals surface area (Å²) in [6.45, 7) is 11.8. The average molecular weight is 220 g/mol. The number of nitrogens with zero attached hydrogens (tertiary/aromatic N) is 2. The van der Waals surface area contributed by atoms with Gasteiger partial charge in [0.2, 0.25) is 0 Å². The molecule has 1 fully saturated rings. The van der Waals surface area contributed by atoms with Gasteiger partial charge in [-0.3, -0.25) is 4.90 Å². The van der Waals surface area contributed by atoms with E-state index in [1.165, 1.54) is 26.2 Å². The van der Waals surface area contributed by atoms with Gasteiger partial charge < -0.3 is 4.90 Å². The van der Waals surface area contributed by atoms with Gasteiger partial charge in [0, 0.05) is 31.7 Å². The van der Waals surface area contributed by atoms with Crippen molar-refractivity contribution in [2.24, 2.45) is 0 Å². The predicted molar refractivity (Wildman–Crippen MR) is 57.7 cm³/mol. The van der Waals surface area contributed by atoms with Crippen LogP contribution in [0.1, 0.15) is 20.8 Å². The van der Waals surface area contributed by atoms with Crippen molar-refractivity contribution in [1.82, 2.24) is 9.80 Å². The van der Waals surface area contributed by atoms with E-state index in [1.807, 2.05) is 0 Å². The molecule has 84 valence electrons. The number of piperazine rings is 1. The van der Waals surface area contributed by atoms with Gasteiger partial charge in [-0.2, -0.15) is 8.42 Å². The van der Waals surface area contributed by atoms with E-state index in [0.717, 1.165) is 0 Å². The van der Waals surface area contributed by atoms with Gasteiger partial charge >= 0.3 is 11.6 Å². The Kier molecular flexibility index (Phi) is 6.15. The van der Waals surface area contributed by atoms with Crippen molar-refractivity contribution in [2.45, 2.75) is 26.3 Å². The molecular weight excluding hydrogens is 200 g/mol. The van der Waals surface area contributed by atoms with Crippen molar-refractivity contribution >= 4 is 11.6 Å². The first kappa shape index (κ1) is 13.7. The molecule has 0 bridgehead atoms. The lowest BCUT2D eigenvalue weighted by Crippen LogP contribution is -2.52. The van der Waals surface area contributed by atoms with Gasteiger partial charge in [0.15, 0.2) is 0 Å². The zero-order valence-electron chi connectivity index (χ0n) is 9.45. The van der Waals surface area contributed by atoms with Gasteiger partial charge in [-0.25, -0.2) is 0 Å². The van der Waals surface area contributed by atoms with E-state index in [9.17, 15) is 0 Å². The third kappa shape index (κ3) is 5.47. The van der Waals surface area contributed by atoms with E-state index < -0.39 is 11.6 Å². The van der Waals surface area contributed by atoms with E-state index >= 15 is 0 Å². The Labute approximate surface area is 89.9 Å². The van der Waals surface area contributed by atoms with Gasteiger partial charge in [-0.15, -0.1) is 0 Å². The van der Waals surface area contributed by atoms with Crippen LogP contribution in [0.3, 0.4) is 0 Å². The van der Waals surface area contributed by atoms with Crippen LogP contribution in [0, 0.1) is 0 Å². The highest BCUT2D eigenvalue weighted by molar-refractivity contribution is 7.51. The fourth-order valence-corrected chi connectivity index (χ4v) is 1.48. The monoisotopic (exact) mass is 220 g/mol. The summed E-state index contributed by atoms with van der Waals surface area (Å²) in [7, 11) is 2.19. The minimum Gasteiger partial charge on any atom is -0.304 e. The first-order valence-electron chi connectivity index (χ1n) is 4.77. The Hall–Kier alpha value is -0.260. The smallest absolute Gasteiger partial charge is 0.304 e. The summed E-state index contributed by atoms with van der Waals surface area (Å²) in [4.78, 5) is 4.94. The largest absolute Gasteiger partial charge is 0.335 e. The molecule has 1 aliphatic heterocycles. The van der Waals surface area contributed by atoms with E-state index in [2.05, 4.69) is 37.6 Å². The topological polar surface area (TPSA) is 40.6 Å². The van der Waals surface area contributed by atoms with Crippen molar-refractivity contribution < 1.29 is 8.42 Å². The summed E-state index contributed by atoms with van der Waals surface area (Å²) in [6.07, 6.45) is 0. The summed E-state index contributed by atoms with van der Waals surface area (Å²) >= 11 is -0.750. The summed E-state index contributed by atoms with van der Waals surface area (Å²) < 4.78 is 16.6. The molecular formula is C9H20N2O2S. The average Bonchev–Trinajstić information content (AvgIpc) is 2.04. The van der Waals surface area contributed by atoms with Crippen LogP contribution in [0.15, 0.2) is 0 Å². The molecule has 0 spiro atoms. The summed E-state index contributed by atoms with van der Waals surface area (Å²) in [5.74, 6) is 0. The molecule has 0 amide bonds. The summed E-state index contributed by atoms with van der Waals surface area (Å²) in [5.41, 5.74) is 0.362. The molecule has 1 saturated heterocycles. The van der Waals surface area contributed by atoms with Crippen LogP contribution < -0.4 is 0 Å². The summed E-state index contributed by atoms with van der Waals surface area (Å²) in [5, 5.41) is 0. The molecule has 0 aromatic carbocycles. The first-order chi connectivity index (χ1) is 6.41. The standard InChI is InChI=1S/C9H20N2.O2S/c1-9(2,3)11-7-5-10(4)6-8-11;1-3-2/h5-8H2,1-4H3;. The normalized spacial score (nSPS) is 19.7. The number of hydrogen-bond acceptors (Lipinski definition) is 4. The van der Waals surface area contributed by atoms with Gasteiger partial charge in [-0.1, -0.05) is 0 Å². The Morgan fingerprint density at radius 2 is 1.36 bits per heavy atom. The van der Waals surface area contributed by atoms with Crippen LogP contribution in [-0.4, -0.2) is 57.0 Å². The highest BCUT2D eigenvalue weighted by Gasteiger charge is 2.23. The van der Waals surface area contributed by atoms with Crippen molar-refractivity contribution in [3.63, 3.8) is 0 Å². The zero-order chi connectivity index (χ0) is 11.2. The second kappa shape index (κ2) is 6.27. The molecule has 0 aromatic heterocycles. The van der Waals surface area contributed by atoms with E-state index in [4.69, 9.17) is 8.42 Å². The van der Waals surface area contributed by atoms with Gasteiger partial charge in [0.05, 0.1) is 0 Å². The predicted octanol–water partition coefficient (Wildman–Crippen LogP) is 0.362. The maximum absolute atomic E-state index is 8.29. The second-order valence-corrected chi connectivity index (χ2v) is 4.67. The Balaban J connectivity index is 0.000000500. The molecule has 0 aromatic rings. The second-order valence-electron chi connectivity index (χ2n) is 4.53. The van der Waals surface area contributed by atoms with Crippen molar-refractivity contribution in [3.05, 3.63) is 0 Å². The molecule has 1 aliphatic rings. The van der Waals surface area contributed by atoms with Crippen LogP contribution in [0.4, 0.5) is 0 Å². The number of rotatable bonds is 0. The maximum atomic E-state index is 8.29. The van der Waals surface area contributed by atoms with Crippen LogP contribution in [0.5, 0.6) is 0 Å². The third-order valence-electron chi connectivity index (χ3n) is 2.45. The molecule has 0 unspecified atom stereocenters. The minimum absolute atomic E-state index is 0.362. The Bertz CT molecular complexity index is 189. The maximum Gasteiger partial charge on any atom is 0.335 e. The van der Waals surface area contributed by atoms with Crippen molar-refractivity contribution in [3.8, 4) is 0 Å². The molecule has 14 heavy (non-hydrogen) atoms. The highest BCUT2D eigenvalue weighted by atomic mass is 32.1. The quantitative estimate of drug-likeness (QED) is 0.591. The van der Waals surface area contributed by atoms with E-state index in [-0.39, 0.29) is 0 Å². The number of likely N-dealkylation sites (N-methyl/N-ethyl adjacent to an activating group) is 1.